The molecule has 2 nitrogen and oxygen atoms in total. The highest BCUT2D eigenvalue weighted by atomic mass is 16.5. The summed E-state index contributed by atoms with van der Waals surface area (Å²) in [5.74, 6) is 0.582. The van der Waals surface area contributed by atoms with Crippen LogP contribution in [-0.4, -0.2) is 12.6 Å². The summed E-state index contributed by atoms with van der Waals surface area (Å²) in [7, 11) is 0. The molecule has 0 aliphatic heterocycles. The zero-order valence-corrected chi connectivity index (χ0v) is 13.3. The van der Waals surface area contributed by atoms with E-state index in [9.17, 15) is 4.79 Å². The van der Waals surface area contributed by atoms with Gasteiger partial charge in [0, 0.05) is 6.42 Å². The SMILES string of the molecule is CC(C)=CCC/C(C)=C/COC(=O)CCCC(C)C. The fourth-order valence-electron chi connectivity index (χ4n) is 1.69. The number of carbonyl (C=O) groups excluding carboxylic acids is 1. The number of allylic oxidation sites excluding steroid dienone is 3. The van der Waals surface area contributed by atoms with Crippen molar-refractivity contribution >= 4 is 5.97 Å². The summed E-state index contributed by atoms with van der Waals surface area (Å²) >= 11 is 0. The van der Waals surface area contributed by atoms with Gasteiger partial charge in [0.25, 0.3) is 0 Å². The minimum Gasteiger partial charge on any atom is -0.461 e. The Morgan fingerprint density at radius 2 is 1.79 bits per heavy atom. The molecule has 0 aromatic carbocycles. The summed E-state index contributed by atoms with van der Waals surface area (Å²) in [6.07, 6.45) is 8.91. The molecule has 0 unspecified atom stereocenters. The van der Waals surface area contributed by atoms with Crippen LogP contribution >= 0.6 is 0 Å². The largest absolute Gasteiger partial charge is 0.461 e. The van der Waals surface area contributed by atoms with Crippen molar-refractivity contribution in [2.24, 2.45) is 5.92 Å². The van der Waals surface area contributed by atoms with Crippen LogP contribution in [0.1, 0.15) is 66.7 Å². The first kappa shape index (κ1) is 17.9. The smallest absolute Gasteiger partial charge is 0.306 e. The molecular weight excluding hydrogens is 236 g/mol. The zero-order chi connectivity index (χ0) is 14.7. The van der Waals surface area contributed by atoms with E-state index < -0.39 is 0 Å². The lowest BCUT2D eigenvalue weighted by Crippen LogP contribution is -2.05. The molecule has 0 amide bonds. The van der Waals surface area contributed by atoms with Gasteiger partial charge in [0.1, 0.15) is 6.61 Å². The summed E-state index contributed by atoms with van der Waals surface area (Å²) in [6, 6.07) is 0. The van der Waals surface area contributed by atoms with E-state index in [-0.39, 0.29) is 5.97 Å². The summed E-state index contributed by atoms with van der Waals surface area (Å²) < 4.78 is 5.19. The van der Waals surface area contributed by atoms with Crippen molar-refractivity contribution in [1.82, 2.24) is 0 Å². The summed E-state index contributed by atoms with van der Waals surface area (Å²) in [4.78, 5) is 11.4. The second kappa shape index (κ2) is 10.8. The summed E-state index contributed by atoms with van der Waals surface area (Å²) in [5, 5.41) is 0. The maximum Gasteiger partial charge on any atom is 0.306 e. The van der Waals surface area contributed by atoms with E-state index in [1.807, 2.05) is 6.08 Å². The lowest BCUT2D eigenvalue weighted by atomic mass is 10.1. The molecule has 19 heavy (non-hydrogen) atoms. The molecule has 0 bridgehead atoms. The maximum absolute atomic E-state index is 11.4. The van der Waals surface area contributed by atoms with Crippen molar-refractivity contribution in [2.75, 3.05) is 6.61 Å². The van der Waals surface area contributed by atoms with Crippen LogP contribution in [0.4, 0.5) is 0 Å². The van der Waals surface area contributed by atoms with Gasteiger partial charge in [0.15, 0.2) is 0 Å². The van der Waals surface area contributed by atoms with Crippen LogP contribution in [0.5, 0.6) is 0 Å². The van der Waals surface area contributed by atoms with Gasteiger partial charge in [0.2, 0.25) is 0 Å². The Balaban J connectivity index is 3.69. The van der Waals surface area contributed by atoms with Gasteiger partial charge in [-0.3, -0.25) is 4.79 Å². The summed E-state index contributed by atoms with van der Waals surface area (Å²) in [6.45, 7) is 11.1. The second-order valence-electron chi connectivity index (χ2n) is 5.84. The molecule has 0 fully saturated rings. The molecule has 0 aromatic rings. The Bertz CT molecular complexity index is 307. The van der Waals surface area contributed by atoms with Gasteiger partial charge < -0.3 is 4.74 Å². The van der Waals surface area contributed by atoms with Crippen molar-refractivity contribution < 1.29 is 9.53 Å². The Kier molecular flexibility index (Phi) is 10.2. The number of rotatable bonds is 9. The normalized spacial score (nSPS) is 11.6. The van der Waals surface area contributed by atoms with Gasteiger partial charge in [-0.15, -0.1) is 0 Å². The first-order valence-corrected chi connectivity index (χ1v) is 7.36. The van der Waals surface area contributed by atoms with Gasteiger partial charge in [-0.25, -0.2) is 0 Å². The van der Waals surface area contributed by atoms with Crippen LogP contribution in [0.2, 0.25) is 0 Å². The number of esters is 1. The van der Waals surface area contributed by atoms with E-state index in [0.29, 0.717) is 18.9 Å². The zero-order valence-electron chi connectivity index (χ0n) is 13.3. The molecule has 0 rings (SSSR count). The number of hydrogen-bond acceptors (Lipinski definition) is 2. The fraction of sp³-hybridized carbons (Fsp3) is 0.706. The lowest BCUT2D eigenvalue weighted by molar-refractivity contribution is -0.142. The van der Waals surface area contributed by atoms with Crippen LogP contribution in [-0.2, 0) is 9.53 Å². The minimum absolute atomic E-state index is 0.0750. The second-order valence-corrected chi connectivity index (χ2v) is 5.84. The van der Waals surface area contributed by atoms with Crippen molar-refractivity contribution in [3.8, 4) is 0 Å². The molecule has 0 heterocycles. The number of ether oxygens (including phenoxy) is 1. The van der Waals surface area contributed by atoms with Crippen LogP contribution in [0.3, 0.4) is 0 Å². The topological polar surface area (TPSA) is 26.3 Å². The number of hydrogen-bond donors (Lipinski definition) is 0. The standard InChI is InChI=1S/C17H30O2/c1-14(2)8-6-10-16(5)12-13-19-17(18)11-7-9-15(3)4/h8,12,15H,6-7,9-11,13H2,1-5H3/b16-12+. The van der Waals surface area contributed by atoms with Crippen LogP contribution < -0.4 is 0 Å². The molecule has 0 aromatic heterocycles. The minimum atomic E-state index is -0.0750. The third kappa shape index (κ3) is 13.2. The molecule has 0 radical (unpaired) electrons. The third-order valence-electron chi connectivity index (χ3n) is 2.93. The van der Waals surface area contributed by atoms with E-state index in [1.165, 1.54) is 11.1 Å². The van der Waals surface area contributed by atoms with Crippen molar-refractivity contribution in [3.05, 3.63) is 23.3 Å². The van der Waals surface area contributed by atoms with Crippen LogP contribution in [0.25, 0.3) is 0 Å². The van der Waals surface area contributed by atoms with E-state index in [1.54, 1.807) is 0 Å². The fourth-order valence-corrected chi connectivity index (χ4v) is 1.69. The first-order chi connectivity index (χ1) is 8.91. The van der Waals surface area contributed by atoms with Gasteiger partial charge >= 0.3 is 5.97 Å². The molecule has 0 N–H and O–H groups in total. The van der Waals surface area contributed by atoms with Crippen LogP contribution in [0, 0.1) is 5.92 Å². The first-order valence-electron chi connectivity index (χ1n) is 7.36. The van der Waals surface area contributed by atoms with Crippen molar-refractivity contribution in [2.45, 2.75) is 66.7 Å². The highest BCUT2D eigenvalue weighted by molar-refractivity contribution is 5.69. The Morgan fingerprint density at radius 3 is 2.37 bits per heavy atom. The van der Waals surface area contributed by atoms with Gasteiger partial charge in [-0.2, -0.15) is 0 Å². The highest BCUT2D eigenvalue weighted by Crippen LogP contribution is 2.08. The highest BCUT2D eigenvalue weighted by Gasteiger charge is 2.02. The number of carbonyl (C=O) groups is 1. The molecule has 0 atom stereocenters. The third-order valence-corrected chi connectivity index (χ3v) is 2.93. The van der Waals surface area contributed by atoms with E-state index >= 15 is 0 Å². The summed E-state index contributed by atoms with van der Waals surface area (Å²) in [5.41, 5.74) is 2.64. The predicted octanol–water partition coefficient (Wildman–Crippen LogP) is 5.05. The molecule has 0 aliphatic carbocycles. The van der Waals surface area contributed by atoms with Crippen LogP contribution in [0.15, 0.2) is 23.3 Å². The average Bonchev–Trinajstić information content (AvgIpc) is 2.27. The van der Waals surface area contributed by atoms with Gasteiger partial charge in [-0.05, 0) is 52.0 Å². The predicted molar refractivity (Wildman–Crippen MR) is 82.1 cm³/mol. The Morgan fingerprint density at radius 1 is 1.11 bits per heavy atom. The van der Waals surface area contributed by atoms with E-state index in [2.05, 4.69) is 40.7 Å². The molecular formula is C17H30O2. The van der Waals surface area contributed by atoms with Gasteiger partial charge in [-0.1, -0.05) is 37.5 Å². The van der Waals surface area contributed by atoms with E-state index in [0.717, 1.165) is 25.7 Å². The van der Waals surface area contributed by atoms with Crippen molar-refractivity contribution in [1.29, 1.82) is 0 Å². The monoisotopic (exact) mass is 266 g/mol. The molecule has 0 spiro atoms. The molecule has 2 heteroatoms. The molecule has 0 aliphatic rings. The Labute approximate surface area is 118 Å². The molecule has 0 saturated carbocycles. The van der Waals surface area contributed by atoms with E-state index in [4.69, 9.17) is 4.74 Å². The Hall–Kier alpha value is -1.05. The molecule has 110 valence electrons. The van der Waals surface area contributed by atoms with Gasteiger partial charge in [0.05, 0.1) is 0 Å². The quantitative estimate of drug-likeness (QED) is 0.431. The lowest BCUT2D eigenvalue weighted by Gasteiger charge is -2.05. The average molecular weight is 266 g/mol. The van der Waals surface area contributed by atoms with Crippen molar-refractivity contribution in [3.63, 3.8) is 0 Å². The maximum atomic E-state index is 11.4. The molecule has 0 saturated heterocycles.